The van der Waals surface area contributed by atoms with Gasteiger partial charge >= 0.3 is 0 Å². The van der Waals surface area contributed by atoms with Gasteiger partial charge in [0, 0.05) is 18.6 Å². The highest BCUT2D eigenvalue weighted by atomic mass is 32.2. The van der Waals surface area contributed by atoms with Crippen molar-refractivity contribution in [1.29, 1.82) is 0 Å². The number of thioether (sulfide) groups is 1. The molecule has 1 amide bonds. The van der Waals surface area contributed by atoms with Gasteiger partial charge in [-0.15, -0.1) is 10.2 Å². The lowest BCUT2D eigenvalue weighted by Crippen LogP contribution is -2.48. The van der Waals surface area contributed by atoms with Gasteiger partial charge in [0.25, 0.3) is 0 Å². The fourth-order valence-electron chi connectivity index (χ4n) is 3.63. The van der Waals surface area contributed by atoms with Crippen molar-refractivity contribution in [3.8, 4) is 11.6 Å². The van der Waals surface area contributed by atoms with E-state index in [2.05, 4.69) is 42.5 Å². The summed E-state index contributed by atoms with van der Waals surface area (Å²) in [5, 5.41) is 9.40. The predicted molar refractivity (Wildman–Crippen MR) is 103 cm³/mol. The van der Waals surface area contributed by atoms with Crippen molar-refractivity contribution in [2.45, 2.75) is 70.7 Å². The minimum atomic E-state index is 0.188. The van der Waals surface area contributed by atoms with Gasteiger partial charge in [0.05, 0.1) is 12.0 Å². The fourth-order valence-corrected chi connectivity index (χ4v) is 4.44. The van der Waals surface area contributed by atoms with Gasteiger partial charge in [-0.2, -0.15) is 0 Å². The maximum Gasteiger partial charge on any atom is 0.233 e. The van der Waals surface area contributed by atoms with Gasteiger partial charge in [-0.3, -0.25) is 9.36 Å². The molecule has 7 heteroatoms. The van der Waals surface area contributed by atoms with Gasteiger partial charge in [-0.25, -0.2) is 0 Å². The minimum Gasteiger partial charge on any atom is -0.461 e. The van der Waals surface area contributed by atoms with Gasteiger partial charge < -0.3 is 9.32 Å². The Balaban J connectivity index is 1.74. The van der Waals surface area contributed by atoms with Crippen molar-refractivity contribution in [2.24, 2.45) is 5.92 Å². The molecule has 0 aromatic carbocycles. The molecule has 0 spiro atoms. The zero-order valence-corrected chi connectivity index (χ0v) is 16.8. The number of aromatic nitrogens is 3. The van der Waals surface area contributed by atoms with Crippen LogP contribution in [0, 0.1) is 5.92 Å². The van der Waals surface area contributed by atoms with E-state index in [1.54, 1.807) is 6.26 Å². The van der Waals surface area contributed by atoms with E-state index in [1.807, 2.05) is 17.0 Å². The van der Waals surface area contributed by atoms with Crippen molar-refractivity contribution in [3.63, 3.8) is 0 Å². The summed E-state index contributed by atoms with van der Waals surface area (Å²) in [7, 11) is 0. The molecule has 0 bridgehead atoms. The second kappa shape index (κ2) is 8.29. The number of furan rings is 1. The molecular weight excluding hydrogens is 348 g/mol. The largest absolute Gasteiger partial charge is 0.461 e. The first-order valence-electron chi connectivity index (χ1n) is 9.38. The van der Waals surface area contributed by atoms with E-state index in [0.29, 0.717) is 29.5 Å². The average Bonchev–Trinajstić information content (AvgIpc) is 3.22. The molecule has 2 aromatic rings. The molecule has 1 saturated heterocycles. The third-order valence-corrected chi connectivity index (χ3v) is 5.76. The summed E-state index contributed by atoms with van der Waals surface area (Å²) in [6, 6.07) is 4.37. The molecule has 0 radical (unpaired) electrons. The maximum atomic E-state index is 12.8. The van der Waals surface area contributed by atoms with Crippen LogP contribution < -0.4 is 0 Å². The van der Waals surface area contributed by atoms with Crippen molar-refractivity contribution in [1.82, 2.24) is 19.7 Å². The van der Waals surface area contributed by atoms with Crippen LogP contribution in [0.25, 0.3) is 11.6 Å². The Labute approximate surface area is 159 Å². The van der Waals surface area contributed by atoms with Crippen LogP contribution in [-0.4, -0.2) is 43.4 Å². The third-order valence-electron chi connectivity index (χ3n) is 4.81. The lowest BCUT2D eigenvalue weighted by Gasteiger charge is -2.39. The molecule has 1 fully saturated rings. The Kier molecular flexibility index (Phi) is 6.06. The summed E-state index contributed by atoms with van der Waals surface area (Å²) in [5.74, 6) is 2.45. The van der Waals surface area contributed by atoms with E-state index in [1.165, 1.54) is 18.2 Å². The van der Waals surface area contributed by atoms with Crippen LogP contribution in [0.2, 0.25) is 0 Å². The first-order valence-corrected chi connectivity index (χ1v) is 10.4. The Hall–Kier alpha value is -1.76. The molecular formula is C19H28N4O2S. The summed E-state index contributed by atoms with van der Waals surface area (Å²) in [4.78, 5) is 14.8. The number of carbonyl (C=O) groups is 1. The third kappa shape index (κ3) is 4.14. The Morgan fingerprint density at radius 3 is 2.65 bits per heavy atom. The molecule has 3 heterocycles. The molecule has 0 saturated carbocycles. The summed E-state index contributed by atoms with van der Waals surface area (Å²) < 4.78 is 7.56. The number of amides is 1. The first-order chi connectivity index (χ1) is 12.5. The summed E-state index contributed by atoms with van der Waals surface area (Å²) in [6.45, 7) is 9.39. The molecule has 2 aromatic heterocycles. The number of nitrogens with zero attached hydrogens (tertiary/aromatic N) is 4. The molecule has 3 rings (SSSR count). The second-order valence-corrected chi connectivity index (χ2v) is 8.45. The van der Waals surface area contributed by atoms with E-state index in [4.69, 9.17) is 4.42 Å². The Morgan fingerprint density at radius 2 is 2.04 bits per heavy atom. The number of piperidine rings is 1. The zero-order chi connectivity index (χ0) is 18.7. The zero-order valence-electron chi connectivity index (χ0n) is 16.0. The number of hydrogen-bond donors (Lipinski definition) is 0. The van der Waals surface area contributed by atoms with E-state index >= 15 is 0 Å². The smallest absolute Gasteiger partial charge is 0.233 e. The highest BCUT2D eigenvalue weighted by Gasteiger charge is 2.29. The van der Waals surface area contributed by atoms with Gasteiger partial charge in [-0.1, -0.05) is 25.6 Å². The number of carbonyl (C=O) groups excluding carboxylic acids is 1. The quantitative estimate of drug-likeness (QED) is 0.711. The van der Waals surface area contributed by atoms with Crippen LogP contribution in [0.5, 0.6) is 0 Å². The summed E-state index contributed by atoms with van der Waals surface area (Å²) in [6.07, 6.45) is 5.02. The maximum absolute atomic E-state index is 12.8. The topological polar surface area (TPSA) is 64.2 Å². The lowest BCUT2D eigenvalue weighted by molar-refractivity contribution is -0.134. The average molecular weight is 377 g/mol. The molecule has 142 valence electrons. The van der Waals surface area contributed by atoms with Crippen LogP contribution in [0.15, 0.2) is 28.0 Å². The van der Waals surface area contributed by atoms with Crippen molar-refractivity contribution < 1.29 is 9.21 Å². The second-order valence-electron chi connectivity index (χ2n) is 7.51. The van der Waals surface area contributed by atoms with Crippen LogP contribution in [0.3, 0.4) is 0 Å². The highest BCUT2D eigenvalue weighted by Crippen LogP contribution is 2.28. The van der Waals surface area contributed by atoms with Gasteiger partial charge in [0.15, 0.2) is 16.7 Å². The SMILES string of the molecule is CC(C)Cn1c(SCC(=O)N2C(C)CCCC2C)nnc1-c1ccco1. The van der Waals surface area contributed by atoms with Crippen molar-refractivity contribution in [2.75, 3.05) is 5.75 Å². The Bertz CT molecular complexity index is 716. The molecule has 1 aliphatic heterocycles. The fraction of sp³-hybridized carbons (Fsp3) is 0.632. The number of rotatable bonds is 6. The molecule has 2 unspecified atom stereocenters. The minimum absolute atomic E-state index is 0.188. The molecule has 1 aliphatic rings. The van der Waals surface area contributed by atoms with Gasteiger partial charge in [0.1, 0.15) is 0 Å². The predicted octanol–water partition coefficient (Wildman–Crippen LogP) is 4.08. The number of likely N-dealkylation sites (tertiary alicyclic amines) is 1. The lowest BCUT2D eigenvalue weighted by atomic mass is 9.98. The van der Waals surface area contributed by atoms with Gasteiger partial charge in [-0.05, 0) is 51.2 Å². The molecule has 6 nitrogen and oxygen atoms in total. The van der Waals surface area contributed by atoms with Crippen LogP contribution >= 0.6 is 11.8 Å². The van der Waals surface area contributed by atoms with Crippen LogP contribution in [-0.2, 0) is 11.3 Å². The Morgan fingerprint density at radius 1 is 1.31 bits per heavy atom. The van der Waals surface area contributed by atoms with Crippen molar-refractivity contribution >= 4 is 17.7 Å². The monoisotopic (exact) mass is 376 g/mol. The molecule has 0 aliphatic carbocycles. The number of hydrogen-bond acceptors (Lipinski definition) is 5. The normalized spacial score (nSPS) is 20.7. The first kappa shape index (κ1) is 19.0. The van der Waals surface area contributed by atoms with Crippen LogP contribution in [0.4, 0.5) is 0 Å². The van der Waals surface area contributed by atoms with E-state index in [9.17, 15) is 4.79 Å². The van der Waals surface area contributed by atoms with E-state index in [0.717, 1.165) is 30.4 Å². The van der Waals surface area contributed by atoms with Crippen LogP contribution in [0.1, 0.15) is 47.0 Å². The standard InChI is InChI=1S/C19H28N4O2S/c1-13(2)11-22-18(16-9-6-10-25-16)20-21-19(22)26-12-17(24)23-14(3)7-5-8-15(23)4/h6,9-10,13-15H,5,7-8,11-12H2,1-4H3. The van der Waals surface area contributed by atoms with Crippen molar-refractivity contribution in [3.05, 3.63) is 18.4 Å². The van der Waals surface area contributed by atoms with E-state index in [-0.39, 0.29) is 5.91 Å². The van der Waals surface area contributed by atoms with Gasteiger partial charge in [0.2, 0.25) is 5.91 Å². The molecule has 0 N–H and O–H groups in total. The highest BCUT2D eigenvalue weighted by molar-refractivity contribution is 7.99. The summed E-state index contributed by atoms with van der Waals surface area (Å²) >= 11 is 1.47. The van der Waals surface area contributed by atoms with E-state index < -0.39 is 0 Å². The summed E-state index contributed by atoms with van der Waals surface area (Å²) in [5.41, 5.74) is 0. The molecule has 26 heavy (non-hydrogen) atoms. The molecule has 2 atom stereocenters.